The van der Waals surface area contributed by atoms with Gasteiger partial charge in [-0.05, 0) is 41.1 Å². The lowest BCUT2D eigenvalue weighted by molar-refractivity contribution is 0.0990. The van der Waals surface area contributed by atoms with Gasteiger partial charge in [-0.1, -0.05) is 27.5 Å². The van der Waals surface area contributed by atoms with Crippen LogP contribution in [0.15, 0.2) is 27.1 Å². The lowest BCUT2D eigenvalue weighted by Gasteiger charge is -2.05. The number of aromatic nitrogens is 2. The number of ketones is 1. The molecule has 3 nitrogen and oxygen atoms in total. The number of hydrogen-bond acceptors (Lipinski definition) is 2. The molecule has 0 atom stereocenters. The predicted octanol–water partition coefficient (Wildman–Crippen LogP) is 4.33. The number of Topliss-reactive ketones (excluding diaryl/α,β-unsaturated/α-hetero) is 1. The fraction of sp³-hybridized carbons (Fsp3) is 0.231. The van der Waals surface area contributed by atoms with Crippen LogP contribution in [0, 0.1) is 6.92 Å². The molecule has 0 amide bonds. The van der Waals surface area contributed by atoms with Crippen LogP contribution in [-0.4, -0.2) is 15.6 Å². The van der Waals surface area contributed by atoms with Gasteiger partial charge in [-0.2, -0.15) is 5.10 Å². The van der Waals surface area contributed by atoms with Gasteiger partial charge in [0.15, 0.2) is 5.78 Å². The molecule has 0 spiro atoms. The topological polar surface area (TPSA) is 34.9 Å². The second-order valence-corrected chi connectivity index (χ2v) is 6.31. The first-order valence-corrected chi connectivity index (χ1v) is 7.52. The fourth-order valence-corrected chi connectivity index (χ4v) is 2.89. The molecular formula is C13H11Br2ClN2O. The van der Waals surface area contributed by atoms with Crippen LogP contribution in [0.2, 0.25) is 5.02 Å². The molecule has 0 saturated carbocycles. The standard InChI is InChI=1S/C13H11Br2ClN2O/c1-7-13(15)11(18(2)17-7)6-12(19)9-5-8(14)3-4-10(9)16/h3-5H,6H2,1-2H3. The number of aryl methyl sites for hydroxylation is 2. The van der Waals surface area contributed by atoms with Crippen LogP contribution in [0.3, 0.4) is 0 Å². The van der Waals surface area contributed by atoms with Crippen molar-refractivity contribution < 1.29 is 4.79 Å². The largest absolute Gasteiger partial charge is 0.294 e. The molecule has 2 aromatic rings. The van der Waals surface area contributed by atoms with E-state index in [1.54, 1.807) is 16.8 Å². The Kier molecular flexibility index (Phi) is 4.48. The molecule has 0 fully saturated rings. The first-order chi connectivity index (χ1) is 8.90. The van der Waals surface area contributed by atoms with Gasteiger partial charge in [0.05, 0.1) is 27.3 Å². The van der Waals surface area contributed by atoms with Gasteiger partial charge in [0, 0.05) is 17.1 Å². The molecule has 1 aromatic heterocycles. The minimum Gasteiger partial charge on any atom is -0.294 e. The zero-order chi connectivity index (χ0) is 14.2. The third-order valence-electron chi connectivity index (χ3n) is 2.82. The highest BCUT2D eigenvalue weighted by Gasteiger charge is 2.17. The summed E-state index contributed by atoms with van der Waals surface area (Å²) in [4.78, 5) is 12.3. The van der Waals surface area contributed by atoms with Crippen LogP contribution < -0.4 is 0 Å². The molecule has 0 bridgehead atoms. The van der Waals surface area contributed by atoms with E-state index >= 15 is 0 Å². The van der Waals surface area contributed by atoms with Crippen molar-refractivity contribution >= 4 is 49.2 Å². The minimum absolute atomic E-state index is 0.0324. The van der Waals surface area contributed by atoms with E-state index in [0.717, 1.165) is 20.3 Å². The average Bonchev–Trinajstić information content (AvgIpc) is 2.59. The van der Waals surface area contributed by atoms with Crippen molar-refractivity contribution in [1.82, 2.24) is 9.78 Å². The van der Waals surface area contributed by atoms with Crippen LogP contribution in [0.4, 0.5) is 0 Å². The van der Waals surface area contributed by atoms with E-state index in [1.165, 1.54) is 0 Å². The van der Waals surface area contributed by atoms with E-state index in [1.807, 2.05) is 20.0 Å². The van der Waals surface area contributed by atoms with Crippen molar-refractivity contribution in [2.24, 2.45) is 7.05 Å². The summed E-state index contributed by atoms with van der Waals surface area (Å²) in [7, 11) is 1.82. The first kappa shape index (κ1) is 14.8. The van der Waals surface area contributed by atoms with Crippen LogP contribution in [0.25, 0.3) is 0 Å². The summed E-state index contributed by atoms with van der Waals surface area (Å²) in [6.45, 7) is 1.89. The van der Waals surface area contributed by atoms with Crippen molar-refractivity contribution in [3.8, 4) is 0 Å². The van der Waals surface area contributed by atoms with Gasteiger partial charge in [-0.3, -0.25) is 9.48 Å². The van der Waals surface area contributed by atoms with Crippen molar-refractivity contribution in [3.05, 3.63) is 49.1 Å². The maximum Gasteiger partial charge on any atom is 0.170 e. The van der Waals surface area contributed by atoms with Gasteiger partial charge in [-0.25, -0.2) is 0 Å². The van der Waals surface area contributed by atoms with Gasteiger partial charge < -0.3 is 0 Å². The molecule has 0 aliphatic rings. The molecule has 0 N–H and O–H groups in total. The lowest BCUT2D eigenvalue weighted by Crippen LogP contribution is -2.09. The Morgan fingerprint density at radius 1 is 1.42 bits per heavy atom. The van der Waals surface area contributed by atoms with E-state index in [4.69, 9.17) is 11.6 Å². The molecule has 0 aliphatic carbocycles. The van der Waals surface area contributed by atoms with Crippen molar-refractivity contribution in [2.75, 3.05) is 0 Å². The Labute approximate surface area is 133 Å². The molecule has 2 rings (SSSR count). The molecule has 1 aromatic carbocycles. The number of hydrogen-bond donors (Lipinski definition) is 0. The number of benzene rings is 1. The quantitative estimate of drug-likeness (QED) is 0.711. The summed E-state index contributed by atoms with van der Waals surface area (Å²) in [6, 6.07) is 5.26. The van der Waals surface area contributed by atoms with Gasteiger partial charge in [0.2, 0.25) is 0 Å². The van der Waals surface area contributed by atoms with Crippen LogP contribution >= 0.6 is 43.5 Å². The van der Waals surface area contributed by atoms with E-state index in [-0.39, 0.29) is 12.2 Å². The number of carbonyl (C=O) groups excluding carboxylic acids is 1. The Bertz CT molecular complexity index is 652. The number of nitrogens with zero attached hydrogens (tertiary/aromatic N) is 2. The predicted molar refractivity (Wildman–Crippen MR) is 82.8 cm³/mol. The second-order valence-electron chi connectivity index (χ2n) is 4.19. The molecule has 100 valence electrons. The average molecular weight is 407 g/mol. The van der Waals surface area contributed by atoms with Gasteiger partial charge >= 0.3 is 0 Å². The Morgan fingerprint density at radius 2 is 2.11 bits per heavy atom. The minimum atomic E-state index is -0.0324. The van der Waals surface area contributed by atoms with E-state index in [2.05, 4.69) is 37.0 Å². The molecule has 0 radical (unpaired) electrons. The van der Waals surface area contributed by atoms with Crippen molar-refractivity contribution in [1.29, 1.82) is 0 Å². The Hall–Kier alpha value is -0.650. The highest BCUT2D eigenvalue weighted by molar-refractivity contribution is 9.10. The normalized spacial score (nSPS) is 10.8. The molecule has 0 aliphatic heterocycles. The zero-order valence-electron chi connectivity index (χ0n) is 10.4. The second kappa shape index (κ2) is 5.77. The summed E-state index contributed by atoms with van der Waals surface area (Å²) in [5, 5.41) is 4.73. The maximum absolute atomic E-state index is 12.3. The summed E-state index contributed by atoms with van der Waals surface area (Å²) in [5.74, 6) is -0.0324. The van der Waals surface area contributed by atoms with E-state index in [0.29, 0.717) is 10.6 Å². The van der Waals surface area contributed by atoms with Gasteiger partial charge in [-0.15, -0.1) is 0 Å². The Balaban J connectivity index is 2.33. The summed E-state index contributed by atoms with van der Waals surface area (Å²) in [6.07, 6.45) is 0.258. The third-order valence-corrected chi connectivity index (χ3v) is 4.67. The van der Waals surface area contributed by atoms with E-state index in [9.17, 15) is 4.79 Å². The monoisotopic (exact) mass is 404 g/mol. The van der Waals surface area contributed by atoms with Crippen molar-refractivity contribution in [2.45, 2.75) is 13.3 Å². The highest BCUT2D eigenvalue weighted by Crippen LogP contribution is 2.25. The highest BCUT2D eigenvalue weighted by atomic mass is 79.9. The van der Waals surface area contributed by atoms with Crippen LogP contribution in [0.5, 0.6) is 0 Å². The molecular weight excluding hydrogens is 395 g/mol. The van der Waals surface area contributed by atoms with Crippen LogP contribution in [0.1, 0.15) is 21.7 Å². The van der Waals surface area contributed by atoms with Gasteiger partial charge in [0.1, 0.15) is 0 Å². The first-order valence-electron chi connectivity index (χ1n) is 5.56. The summed E-state index contributed by atoms with van der Waals surface area (Å²) < 4.78 is 3.42. The molecule has 19 heavy (non-hydrogen) atoms. The third kappa shape index (κ3) is 3.09. The Morgan fingerprint density at radius 3 is 2.68 bits per heavy atom. The summed E-state index contributed by atoms with van der Waals surface area (Å²) >= 11 is 12.9. The SMILES string of the molecule is Cc1nn(C)c(CC(=O)c2cc(Br)ccc2Cl)c1Br. The van der Waals surface area contributed by atoms with Crippen molar-refractivity contribution in [3.63, 3.8) is 0 Å². The molecule has 1 heterocycles. The number of rotatable bonds is 3. The fourth-order valence-electron chi connectivity index (χ4n) is 1.83. The zero-order valence-corrected chi connectivity index (χ0v) is 14.3. The maximum atomic E-state index is 12.3. The molecule has 6 heteroatoms. The van der Waals surface area contributed by atoms with Gasteiger partial charge in [0.25, 0.3) is 0 Å². The number of halogens is 3. The smallest absolute Gasteiger partial charge is 0.170 e. The molecule has 0 saturated heterocycles. The summed E-state index contributed by atoms with van der Waals surface area (Å²) in [5.41, 5.74) is 2.23. The lowest BCUT2D eigenvalue weighted by atomic mass is 10.1. The number of carbonyl (C=O) groups is 1. The van der Waals surface area contributed by atoms with E-state index < -0.39 is 0 Å². The molecule has 0 unspecified atom stereocenters. The van der Waals surface area contributed by atoms with Crippen LogP contribution in [-0.2, 0) is 13.5 Å².